The van der Waals surface area contributed by atoms with Crippen LogP contribution in [0.4, 0.5) is 0 Å². The van der Waals surface area contributed by atoms with Crippen LogP contribution in [0.3, 0.4) is 0 Å². The molecular formula is C12H11N5O3S. The van der Waals surface area contributed by atoms with Gasteiger partial charge in [0, 0.05) is 0 Å². The van der Waals surface area contributed by atoms with Crippen molar-refractivity contribution in [2.24, 2.45) is 0 Å². The Hall–Kier alpha value is -2.52. The quantitative estimate of drug-likeness (QED) is 0.745. The first-order valence-corrected chi connectivity index (χ1v) is 7.49. The molecule has 0 unspecified atom stereocenters. The number of nitrogens with zero attached hydrogens (tertiary/aromatic N) is 4. The summed E-state index contributed by atoms with van der Waals surface area (Å²) in [5.41, 5.74) is 0.671. The zero-order chi connectivity index (χ0) is 14.7. The lowest BCUT2D eigenvalue weighted by molar-refractivity contribution is 0.498. The zero-order valence-electron chi connectivity index (χ0n) is 10.7. The molecule has 3 rings (SSSR count). The predicted octanol–water partition coefficient (Wildman–Crippen LogP) is 0.734. The third-order valence-electron chi connectivity index (χ3n) is 2.78. The van der Waals surface area contributed by atoms with Gasteiger partial charge in [0.05, 0.1) is 23.4 Å². The van der Waals surface area contributed by atoms with Crippen LogP contribution in [0.25, 0.3) is 5.69 Å². The van der Waals surface area contributed by atoms with E-state index in [2.05, 4.69) is 20.2 Å². The molecule has 9 heteroatoms. The number of hydrogen-bond acceptors (Lipinski definition) is 6. The maximum absolute atomic E-state index is 12.1. The Morgan fingerprint density at radius 3 is 2.62 bits per heavy atom. The molecule has 0 aliphatic rings. The summed E-state index contributed by atoms with van der Waals surface area (Å²) in [4.78, 5) is 0.158. The number of aromatic nitrogens is 4. The zero-order valence-corrected chi connectivity index (χ0v) is 11.6. The lowest BCUT2D eigenvalue weighted by atomic mass is 10.3. The van der Waals surface area contributed by atoms with Gasteiger partial charge in [0.2, 0.25) is 10.0 Å². The van der Waals surface area contributed by atoms with Crippen LogP contribution in [0.2, 0.25) is 0 Å². The highest BCUT2D eigenvalue weighted by atomic mass is 32.2. The van der Waals surface area contributed by atoms with E-state index in [0.717, 1.165) is 0 Å². The van der Waals surface area contributed by atoms with Gasteiger partial charge in [-0.15, -0.1) is 5.10 Å². The molecule has 2 aromatic heterocycles. The number of tetrazole rings is 1. The summed E-state index contributed by atoms with van der Waals surface area (Å²) < 4.78 is 33.2. The highest BCUT2D eigenvalue weighted by Gasteiger charge is 2.14. The molecule has 1 N–H and O–H groups in total. The van der Waals surface area contributed by atoms with Crippen molar-refractivity contribution in [1.82, 2.24) is 24.9 Å². The molecule has 0 atom stereocenters. The lowest BCUT2D eigenvalue weighted by Gasteiger charge is -2.06. The maximum Gasteiger partial charge on any atom is 0.240 e. The van der Waals surface area contributed by atoms with Crippen LogP contribution in [-0.2, 0) is 16.6 Å². The first-order valence-electron chi connectivity index (χ1n) is 6.01. The van der Waals surface area contributed by atoms with Crippen molar-refractivity contribution in [3.8, 4) is 5.69 Å². The number of furan rings is 1. The van der Waals surface area contributed by atoms with Crippen LogP contribution in [0.1, 0.15) is 5.76 Å². The fraction of sp³-hybridized carbons (Fsp3) is 0.0833. The first-order chi connectivity index (χ1) is 10.1. The summed E-state index contributed by atoms with van der Waals surface area (Å²) in [6.07, 6.45) is 2.92. The van der Waals surface area contributed by atoms with Crippen molar-refractivity contribution in [2.45, 2.75) is 11.4 Å². The summed E-state index contributed by atoms with van der Waals surface area (Å²) in [6.45, 7) is 0.101. The van der Waals surface area contributed by atoms with Crippen LogP contribution < -0.4 is 4.72 Å². The molecule has 0 aliphatic heterocycles. The van der Waals surface area contributed by atoms with Crippen LogP contribution in [0.15, 0.2) is 58.3 Å². The molecule has 21 heavy (non-hydrogen) atoms. The van der Waals surface area contributed by atoms with Crippen LogP contribution in [0.5, 0.6) is 0 Å². The highest BCUT2D eigenvalue weighted by Crippen LogP contribution is 2.13. The molecule has 0 bridgehead atoms. The van der Waals surface area contributed by atoms with Gasteiger partial charge >= 0.3 is 0 Å². The molecule has 0 saturated heterocycles. The normalized spacial score (nSPS) is 11.6. The molecule has 0 fully saturated rings. The number of nitrogens with one attached hydrogen (secondary N) is 1. The number of rotatable bonds is 5. The number of hydrogen-bond donors (Lipinski definition) is 1. The molecule has 3 aromatic rings. The summed E-state index contributed by atoms with van der Waals surface area (Å²) in [5, 5.41) is 10.8. The van der Waals surface area contributed by atoms with Crippen molar-refractivity contribution in [3.63, 3.8) is 0 Å². The Morgan fingerprint density at radius 2 is 2.00 bits per heavy atom. The fourth-order valence-electron chi connectivity index (χ4n) is 1.72. The summed E-state index contributed by atoms with van der Waals surface area (Å²) in [7, 11) is -3.59. The van der Waals surface area contributed by atoms with E-state index >= 15 is 0 Å². The first kappa shape index (κ1) is 13.5. The molecule has 2 heterocycles. The summed E-state index contributed by atoms with van der Waals surface area (Å²) >= 11 is 0. The van der Waals surface area contributed by atoms with Gasteiger partial charge in [-0.05, 0) is 46.8 Å². The highest BCUT2D eigenvalue weighted by molar-refractivity contribution is 7.89. The summed E-state index contributed by atoms with van der Waals surface area (Å²) in [5.74, 6) is 0.545. The molecule has 8 nitrogen and oxygen atoms in total. The lowest BCUT2D eigenvalue weighted by Crippen LogP contribution is -2.23. The molecule has 0 aliphatic carbocycles. The average Bonchev–Trinajstić information content (AvgIpc) is 3.19. The van der Waals surface area contributed by atoms with Gasteiger partial charge in [-0.2, -0.15) is 0 Å². The Balaban J connectivity index is 1.76. The standard InChI is InChI=1S/C12H11N5O3S/c18-21(19,14-8-11-2-1-7-20-11)12-5-3-10(4-6-12)17-9-13-15-16-17/h1-7,9,14H,8H2. The van der Waals surface area contributed by atoms with Crippen molar-refractivity contribution in [2.75, 3.05) is 0 Å². The van der Waals surface area contributed by atoms with Crippen molar-refractivity contribution < 1.29 is 12.8 Å². The number of benzene rings is 1. The molecule has 0 saturated carbocycles. The van der Waals surface area contributed by atoms with E-state index in [1.807, 2.05) is 0 Å². The van der Waals surface area contributed by atoms with Gasteiger partial charge in [0.25, 0.3) is 0 Å². The van der Waals surface area contributed by atoms with Gasteiger partial charge < -0.3 is 4.42 Å². The van der Waals surface area contributed by atoms with E-state index in [9.17, 15) is 8.42 Å². The topological polar surface area (TPSA) is 103 Å². The van der Waals surface area contributed by atoms with Crippen molar-refractivity contribution in [1.29, 1.82) is 0 Å². The molecule has 0 amide bonds. The third-order valence-corrected chi connectivity index (χ3v) is 4.19. The second-order valence-electron chi connectivity index (χ2n) is 4.15. The van der Waals surface area contributed by atoms with Gasteiger partial charge in [0.15, 0.2) is 0 Å². The fourth-order valence-corrected chi connectivity index (χ4v) is 2.71. The van der Waals surface area contributed by atoms with Gasteiger partial charge in [-0.25, -0.2) is 17.8 Å². The molecular weight excluding hydrogens is 294 g/mol. The van der Waals surface area contributed by atoms with E-state index in [0.29, 0.717) is 11.4 Å². The molecule has 1 aromatic carbocycles. The van der Waals surface area contributed by atoms with Gasteiger partial charge in [-0.1, -0.05) is 0 Å². The van der Waals surface area contributed by atoms with E-state index < -0.39 is 10.0 Å². The second kappa shape index (κ2) is 5.46. The second-order valence-corrected chi connectivity index (χ2v) is 5.92. The largest absolute Gasteiger partial charge is 0.468 e. The van der Waals surface area contributed by atoms with E-state index in [4.69, 9.17) is 4.42 Å². The van der Waals surface area contributed by atoms with Gasteiger partial charge in [0.1, 0.15) is 12.1 Å². The summed E-state index contributed by atoms with van der Waals surface area (Å²) in [6, 6.07) is 9.62. The average molecular weight is 305 g/mol. The minimum atomic E-state index is -3.59. The van der Waals surface area contributed by atoms with Gasteiger partial charge in [-0.3, -0.25) is 0 Å². The molecule has 0 spiro atoms. The third kappa shape index (κ3) is 2.98. The Bertz CT molecular complexity index is 795. The van der Waals surface area contributed by atoms with Crippen LogP contribution in [0, 0.1) is 0 Å². The Morgan fingerprint density at radius 1 is 1.19 bits per heavy atom. The monoisotopic (exact) mass is 305 g/mol. The minimum absolute atomic E-state index is 0.101. The van der Waals surface area contributed by atoms with Crippen molar-refractivity contribution >= 4 is 10.0 Å². The minimum Gasteiger partial charge on any atom is -0.468 e. The predicted molar refractivity (Wildman–Crippen MR) is 71.9 cm³/mol. The van der Waals surface area contributed by atoms with Crippen molar-refractivity contribution in [3.05, 3.63) is 54.7 Å². The van der Waals surface area contributed by atoms with E-state index in [1.165, 1.54) is 29.4 Å². The van der Waals surface area contributed by atoms with E-state index in [1.54, 1.807) is 24.3 Å². The number of sulfonamides is 1. The Kier molecular flexibility index (Phi) is 3.50. The molecule has 108 valence electrons. The van der Waals surface area contributed by atoms with Crippen LogP contribution in [-0.4, -0.2) is 28.6 Å². The smallest absolute Gasteiger partial charge is 0.240 e. The van der Waals surface area contributed by atoms with Crippen LogP contribution >= 0.6 is 0 Å². The van der Waals surface area contributed by atoms with E-state index in [-0.39, 0.29) is 11.4 Å². The Labute approximate surface area is 120 Å². The molecule has 0 radical (unpaired) electrons. The SMILES string of the molecule is O=S(=O)(NCc1ccco1)c1ccc(-n2cnnn2)cc1. The maximum atomic E-state index is 12.1.